The van der Waals surface area contributed by atoms with E-state index in [9.17, 15) is 9.59 Å². The van der Waals surface area contributed by atoms with E-state index in [4.69, 9.17) is 4.74 Å². The Morgan fingerprint density at radius 1 is 1.08 bits per heavy atom. The monoisotopic (exact) mass is 350 g/mol. The maximum absolute atomic E-state index is 12.4. The number of hydrogen-bond donors (Lipinski definition) is 2. The van der Waals surface area contributed by atoms with Crippen molar-refractivity contribution in [2.75, 3.05) is 5.32 Å². The molecule has 0 aliphatic rings. The Bertz CT molecular complexity index is 527. The Hall–Kier alpha value is -2.04. The number of anilines is 1. The molecule has 25 heavy (non-hydrogen) atoms. The minimum Gasteiger partial charge on any atom is -0.447 e. The third-order valence-corrected chi connectivity index (χ3v) is 3.06. The summed E-state index contributed by atoms with van der Waals surface area (Å²) in [6, 6.07) is 6.92. The van der Waals surface area contributed by atoms with E-state index in [-0.39, 0.29) is 17.9 Å². The minimum absolute atomic E-state index is 0.223. The number of para-hydroxylation sites is 1. The number of carbonyl (C=O) groups is 2. The molecule has 0 spiro atoms. The third kappa shape index (κ3) is 10.4. The van der Waals surface area contributed by atoms with E-state index in [0.29, 0.717) is 6.42 Å². The average molecular weight is 351 g/mol. The largest absolute Gasteiger partial charge is 0.447 e. The first-order valence-corrected chi connectivity index (χ1v) is 9.04. The fourth-order valence-corrected chi connectivity index (χ4v) is 2.03. The average Bonchev–Trinajstić information content (AvgIpc) is 2.48. The lowest BCUT2D eigenvalue weighted by Gasteiger charge is -2.21. The molecule has 0 bridgehead atoms. The number of benzene rings is 1. The van der Waals surface area contributed by atoms with Gasteiger partial charge in [0.05, 0.1) is 6.10 Å². The summed E-state index contributed by atoms with van der Waals surface area (Å²) in [5, 5.41) is 5.51. The van der Waals surface area contributed by atoms with Crippen LogP contribution in [-0.2, 0) is 9.53 Å². The zero-order chi connectivity index (χ0) is 19.4. The molecule has 0 aliphatic carbocycles. The summed E-state index contributed by atoms with van der Waals surface area (Å²) in [6.07, 6.45) is 1.00. The van der Waals surface area contributed by atoms with Gasteiger partial charge in [-0.05, 0) is 44.7 Å². The van der Waals surface area contributed by atoms with Crippen LogP contribution in [0.25, 0.3) is 0 Å². The van der Waals surface area contributed by atoms with Crippen LogP contribution in [0.4, 0.5) is 10.5 Å². The van der Waals surface area contributed by atoms with E-state index in [0.717, 1.165) is 11.3 Å². The number of carbonyl (C=O) groups excluding carboxylic acids is 2. The van der Waals surface area contributed by atoms with Crippen LogP contribution in [-0.4, -0.2) is 24.1 Å². The quantitative estimate of drug-likeness (QED) is 0.767. The fourth-order valence-electron chi connectivity index (χ4n) is 2.03. The molecule has 142 valence electrons. The molecule has 0 saturated heterocycles. The Balaban J connectivity index is 0.00000178. The van der Waals surface area contributed by atoms with Gasteiger partial charge in [0.25, 0.3) is 0 Å². The van der Waals surface area contributed by atoms with Gasteiger partial charge < -0.3 is 15.4 Å². The van der Waals surface area contributed by atoms with Crippen LogP contribution in [0.5, 0.6) is 0 Å². The normalized spacial score (nSPS) is 11.4. The predicted octanol–water partition coefficient (Wildman–Crippen LogP) is 4.90. The molecule has 1 aromatic carbocycles. The zero-order valence-electron chi connectivity index (χ0n) is 16.7. The van der Waals surface area contributed by atoms with Crippen molar-refractivity contribution < 1.29 is 14.3 Å². The van der Waals surface area contributed by atoms with Crippen molar-refractivity contribution in [1.82, 2.24) is 5.32 Å². The van der Waals surface area contributed by atoms with E-state index in [2.05, 4.69) is 24.5 Å². The summed E-state index contributed by atoms with van der Waals surface area (Å²) in [4.78, 5) is 24.2. The maximum atomic E-state index is 12.4. The molecule has 1 aromatic rings. The van der Waals surface area contributed by atoms with E-state index in [1.54, 1.807) is 13.8 Å². The first-order chi connectivity index (χ1) is 11.7. The molecular formula is C20H34N2O3. The summed E-state index contributed by atoms with van der Waals surface area (Å²) in [6.45, 7) is 13.7. The van der Waals surface area contributed by atoms with Crippen LogP contribution in [0.2, 0.25) is 0 Å². The van der Waals surface area contributed by atoms with Gasteiger partial charge in [0, 0.05) is 5.69 Å². The summed E-state index contributed by atoms with van der Waals surface area (Å²) < 4.78 is 5.06. The van der Waals surface area contributed by atoms with E-state index < -0.39 is 12.1 Å². The summed E-state index contributed by atoms with van der Waals surface area (Å²) in [5.41, 5.74) is 1.73. The second-order valence-corrected chi connectivity index (χ2v) is 6.79. The molecule has 0 aromatic heterocycles. The number of amides is 2. The van der Waals surface area contributed by atoms with E-state index in [1.165, 1.54) is 6.42 Å². The molecule has 2 N–H and O–H groups in total. The van der Waals surface area contributed by atoms with Crippen molar-refractivity contribution in [3.8, 4) is 0 Å². The molecule has 2 amide bonds. The van der Waals surface area contributed by atoms with Crippen LogP contribution >= 0.6 is 0 Å². The molecule has 0 heterocycles. The van der Waals surface area contributed by atoms with Gasteiger partial charge in [-0.25, -0.2) is 4.79 Å². The number of nitrogens with one attached hydrogen (secondary N) is 2. The predicted molar refractivity (Wildman–Crippen MR) is 104 cm³/mol. The molecule has 0 saturated carbocycles. The van der Waals surface area contributed by atoms with Crippen molar-refractivity contribution in [3.63, 3.8) is 0 Å². The van der Waals surface area contributed by atoms with Crippen molar-refractivity contribution in [2.24, 2.45) is 5.92 Å². The highest BCUT2D eigenvalue weighted by Gasteiger charge is 2.23. The van der Waals surface area contributed by atoms with Gasteiger partial charge in [-0.3, -0.25) is 4.79 Å². The van der Waals surface area contributed by atoms with Gasteiger partial charge in [0.15, 0.2) is 0 Å². The number of aryl methyl sites for hydroxylation is 1. The van der Waals surface area contributed by atoms with Crippen molar-refractivity contribution in [3.05, 3.63) is 29.8 Å². The highest BCUT2D eigenvalue weighted by Crippen LogP contribution is 2.15. The molecule has 0 aliphatic heterocycles. The summed E-state index contributed by atoms with van der Waals surface area (Å²) in [5.74, 6) is 0.0377. The Morgan fingerprint density at radius 2 is 1.64 bits per heavy atom. The van der Waals surface area contributed by atoms with Crippen LogP contribution in [0, 0.1) is 12.8 Å². The second-order valence-electron chi connectivity index (χ2n) is 6.79. The Labute approximate surface area is 152 Å². The Kier molecular flexibility index (Phi) is 11.3. The van der Waals surface area contributed by atoms with Crippen LogP contribution in [0.1, 0.15) is 59.9 Å². The smallest absolute Gasteiger partial charge is 0.408 e. The molecule has 5 nitrogen and oxygen atoms in total. The fraction of sp³-hybridized carbons (Fsp3) is 0.600. The molecule has 1 rings (SSSR count). The van der Waals surface area contributed by atoms with E-state index in [1.807, 2.05) is 45.0 Å². The number of rotatable bonds is 6. The van der Waals surface area contributed by atoms with Crippen molar-refractivity contribution in [2.45, 2.75) is 73.5 Å². The number of ether oxygens (including phenoxy) is 1. The van der Waals surface area contributed by atoms with E-state index >= 15 is 0 Å². The molecule has 5 heteroatoms. The topological polar surface area (TPSA) is 67.4 Å². The standard InChI is InChI=1S/C17H26N2O3.C3H8/c1-11(2)10-15(19-17(21)22-12(3)4)16(20)18-14-9-7-6-8-13(14)5;1-3-2/h6-9,11-12,15H,10H2,1-5H3,(H,18,20)(H,19,21);3H2,1-2H3. The third-order valence-electron chi connectivity index (χ3n) is 3.06. The van der Waals surface area contributed by atoms with Gasteiger partial charge in [0.2, 0.25) is 5.91 Å². The summed E-state index contributed by atoms with van der Waals surface area (Å²) >= 11 is 0. The van der Waals surface area contributed by atoms with Gasteiger partial charge in [0.1, 0.15) is 6.04 Å². The van der Waals surface area contributed by atoms with Crippen molar-refractivity contribution >= 4 is 17.7 Å². The molecular weight excluding hydrogens is 316 g/mol. The zero-order valence-corrected chi connectivity index (χ0v) is 16.7. The lowest BCUT2D eigenvalue weighted by molar-refractivity contribution is -0.118. The Morgan fingerprint density at radius 3 is 2.12 bits per heavy atom. The first-order valence-electron chi connectivity index (χ1n) is 9.04. The maximum Gasteiger partial charge on any atom is 0.408 e. The SMILES string of the molecule is CCC.Cc1ccccc1NC(=O)C(CC(C)C)NC(=O)OC(C)C. The van der Waals surface area contributed by atoms with Gasteiger partial charge >= 0.3 is 6.09 Å². The van der Waals surface area contributed by atoms with Crippen LogP contribution in [0.15, 0.2) is 24.3 Å². The first kappa shape index (κ1) is 23.0. The molecule has 0 radical (unpaired) electrons. The lowest BCUT2D eigenvalue weighted by Crippen LogP contribution is -2.45. The highest BCUT2D eigenvalue weighted by molar-refractivity contribution is 5.97. The second kappa shape index (κ2) is 12.3. The number of hydrogen-bond acceptors (Lipinski definition) is 3. The van der Waals surface area contributed by atoms with Crippen LogP contribution in [0.3, 0.4) is 0 Å². The number of alkyl carbamates (subject to hydrolysis) is 1. The van der Waals surface area contributed by atoms with Gasteiger partial charge in [-0.2, -0.15) is 0 Å². The van der Waals surface area contributed by atoms with Crippen molar-refractivity contribution in [1.29, 1.82) is 0 Å². The van der Waals surface area contributed by atoms with Gasteiger partial charge in [-0.15, -0.1) is 0 Å². The van der Waals surface area contributed by atoms with Crippen LogP contribution < -0.4 is 10.6 Å². The molecule has 0 fully saturated rings. The van der Waals surface area contributed by atoms with Gasteiger partial charge in [-0.1, -0.05) is 52.3 Å². The minimum atomic E-state index is -0.620. The molecule has 1 unspecified atom stereocenters. The lowest BCUT2D eigenvalue weighted by atomic mass is 10.0. The molecule has 1 atom stereocenters. The summed E-state index contributed by atoms with van der Waals surface area (Å²) in [7, 11) is 0. The highest BCUT2D eigenvalue weighted by atomic mass is 16.6.